The van der Waals surface area contributed by atoms with E-state index in [1.807, 2.05) is 30.3 Å². The summed E-state index contributed by atoms with van der Waals surface area (Å²) in [5.74, 6) is -2.37. The molecule has 2 aromatic heterocycles. The summed E-state index contributed by atoms with van der Waals surface area (Å²) in [7, 11) is 0. The molecule has 7 nitrogen and oxygen atoms in total. The number of hydrogen-bond donors (Lipinski definition) is 2. The van der Waals surface area contributed by atoms with Gasteiger partial charge in [-0.05, 0) is 53.6 Å². The number of hydrogen-bond acceptors (Lipinski definition) is 6. The van der Waals surface area contributed by atoms with Crippen LogP contribution in [0.3, 0.4) is 0 Å². The van der Waals surface area contributed by atoms with E-state index in [2.05, 4.69) is 20.3 Å². The van der Waals surface area contributed by atoms with Crippen LogP contribution in [0.5, 0.6) is 11.8 Å². The molecule has 4 aromatic rings. The van der Waals surface area contributed by atoms with Gasteiger partial charge in [0.05, 0.1) is 12.1 Å². The van der Waals surface area contributed by atoms with Crippen LogP contribution in [0.4, 0.5) is 14.6 Å². The van der Waals surface area contributed by atoms with Crippen LogP contribution in [0, 0.1) is 11.6 Å². The topological polar surface area (TPSA) is 97.2 Å². The van der Waals surface area contributed by atoms with Crippen molar-refractivity contribution in [2.45, 2.75) is 18.9 Å². The number of benzene rings is 2. The SMILES string of the molecule is O=C(O)CC(c1cc(F)cc(F)c1)c1ccnc(Oc2ccc(CNc3ccccn3)cc2)n1.[LiH]. The molecule has 174 valence electrons. The van der Waals surface area contributed by atoms with E-state index in [0.717, 1.165) is 29.6 Å². The molecule has 0 fully saturated rings. The summed E-state index contributed by atoms with van der Waals surface area (Å²) in [4.78, 5) is 24.0. The van der Waals surface area contributed by atoms with Gasteiger partial charge in [0.25, 0.3) is 0 Å². The summed E-state index contributed by atoms with van der Waals surface area (Å²) in [5.41, 5.74) is 1.44. The number of aliphatic carboxylic acids is 1. The number of halogens is 2. The van der Waals surface area contributed by atoms with Gasteiger partial charge in [-0.15, -0.1) is 0 Å². The minimum absolute atomic E-state index is 0. The second-order valence-corrected chi connectivity index (χ2v) is 7.43. The maximum absolute atomic E-state index is 13.7. The van der Waals surface area contributed by atoms with Gasteiger partial charge in [-0.25, -0.2) is 18.7 Å². The monoisotopic (exact) mass is 470 g/mol. The van der Waals surface area contributed by atoms with Gasteiger partial charge in [-0.3, -0.25) is 4.79 Å². The van der Waals surface area contributed by atoms with Gasteiger partial charge >= 0.3 is 30.8 Å². The van der Waals surface area contributed by atoms with Crippen LogP contribution in [0.1, 0.15) is 29.2 Å². The summed E-state index contributed by atoms with van der Waals surface area (Å²) < 4.78 is 33.2. The predicted molar refractivity (Wildman–Crippen MR) is 128 cm³/mol. The third-order valence-electron chi connectivity index (χ3n) is 4.95. The van der Waals surface area contributed by atoms with Gasteiger partial charge in [-0.1, -0.05) is 18.2 Å². The van der Waals surface area contributed by atoms with Crippen molar-refractivity contribution < 1.29 is 23.4 Å². The van der Waals surface area contributed by atoms with E-state index in [1.54, 1.807) is 18.3 Å². The molecule has 35 heavy (non-hydrogen) atoms. The van der Waals surface area contributed by atoms with E-state index < -0.39 is 29.9 Å². The van der Waals surface area contributed by atoms with Crippen molar-refractivity contribution in [1.29, 1.82) is 0 Å². The van der Waals surface area contributed by atoms with Crippen LogP contribution in [0.2, 0.25) is 0 Å². The van der Waals surface area contributed by atoms with Gasteiger partial charge in [-0.2, -0.15) is 4.98 Å². The summed E-state index contributed by atoms with van der Waals surface area (Å²) in [6.45, 7) is 0.574. The normalized spacial score (nSPS) is 11.3. The van der Waals surface area contributed by atoms with Gasteiger partial charge in [0.15, 0.2) is 0 Å². The number of nitrogens with one attached hydrogen (secondary N) is 1. The van der Waals surface area contributed by atoms with E-state index in [0.29, 0.717) is 12.3 Å². The fourth-order valence-electron chi connectivity index (χ4n) is 3.38. The maximum atomic E-state index is 13.7. The van der Waals surface area contributed by atoms with E-state index in [4.69, 9.17) is 4.74 Å². The molecule has 0 radical (unpaired) electrons. The molecular formula is C25H21F2LiN4O3. The fourth-order valence-corrected chi connectivity index (χ4v) is 3.38. The first kappa shape index (κ1) is 25.8. The summed E-state index contributed by atoms with van der Waals surface area (Å²) in [5, 5.41) is 12.5. The number of nitrogens with zero attached hydrogens (tertiary/aromatic N) is 3. The van der Waals surface area contributed by atoms with Crippen molar-refractivity contribution in [2.75, 3.05) is 5.32 Å². The van der Waals surface area contributed by atoms with Crippen molar-refractivity contribution in [3.05, 3.63) is 108 Å². The Morgan fingerprint density at radius 1 is 0.971 bits per heavy atom. The molecular weight excluding hydrogens is 449 g/mol. The second-order valence-electron chi connectivity index (χ2n) is 7.43. The molecule has 0 amide bonds. The van der Waals surface area contributed by atoms with Gasteiger partial charge in [0.1, 0.15) is 23.2 Å². The Labute approximate surface area is 212 Å². The number of ether oxygens (including phenoxy) is 1. The molecule has 1 unspecified atom stereocenters. The van der Waals surface area contributed by atoms with Crippen molar-refractivity contribution >= 4 is 30.6 Å². The average molecular weight is 470 g/mol. The van der Waals surface area contributed by atoms with E-state index >= 15 is 0 Å². The second kappa shape index (κ2) is 12.1. The summed E-state index contributed by atoms with van der Waals surface area (Å²) in [6, 6.07) is 17.3. The Hall–Kier alpha value is -3.80. The molecule has 4 rings (SSSR count). The average Bonchev–Trinajstić information content (AvgIpc) is 2.82. The molecule has 2 aromatic carbocycles. The van der Waals surface area contributed by atoms with Crippen molar-refractivity contribution in [2.24, 2.45) is 0 Å². The molecule has 0 saturated carbocycles. The molecule has 10 heteroatoms. The molecule has 0 aliphatic rings. The van der Waals surface area contributed by atoms with Gasteiger partial charge in [0, 0.05) is 30.9 Å². The van der Waals surface area contributed by atoms with E-state index in [1.165, 1.54) is 12.3 Å². The molecule has 2 N–H and O–H groups in total. The Kier molecular flexibility index (Phi) is 8.90. The molecule has 2 heterocycles. The molecule has 0 saturated heterocycles. The molecule has 0 aliphatic carbocycles. The molecule has 0 spiro atoms. The Balaban J connectivity index is 0.00000342. The van der Waals surface area contributed by atoms with E-state index in [-0.39, 0.29) is 36.1 Å². The van der Waals surface area contributed by atoms with Crippen molar-refractivity contribution in [1.82, 2.24) is 15.0 Å². The van der Waals surface area contributed by atoms with E-state index in [9.17, 15) is 18.7 Å². The third kappa shape index (κ3) is 7.34. The first-order valence-corrected chi connectivity index (χ1v) is 10.4. The summed E-state index contributed by atoms with van der Waals surface area (Å²) >= 11 is 0. The van der Waals surface area contributed by atoms with Crippen molar-refractivity contribution in [3.8, 4) is 11.8 Å². The zero-order valence-corrected chi connectivity index (χ0v) is 17.9. The zero-order valence-electron chi connectivity index (χ0n) is 17.9. The van der Waals surface area contributed by atoms with Crippen LogP contribution >= 0.6 is 0 Å². The number of aromatic nitrogens is 3. The van der Waals surface area contributed by atoms with Crippen LogP contribution < -0.4 is 10.1 Å². The first-order chi connectivity index (χ1) is 16.5. The van der Waals surface area contributed by atoms with Crippen LogP contribution in [0.15, 0.2) is 79.1 Å². The minimum atomic E-state index is -1.13. The Morgan fingerprint density at radius 3 is 2.37 bits per heavy atom. The number of pyridine rings is 1. The van der Waals surface area contributed by atoms with Crippen molar-refractivity contribution in [3.63, 3.8) is 0 Å². The van der Waals surface area contributed by atoms with Crippen LogP contribution in [-0.4, -0.2) is 44.9 Å². The number of rotatable bonds is 9. The Bertz CT molecular complexity index is 1260. The van der Waals surface area contributed by atoms with Crippen LogP contribution in [-0.2, 0) is 11.3 Å². The standard InChI is InChI=1S/C25H20F2N4O3.Li.H/c26-18-11-17(12-19(27)13-18)21(14-24(32)33)22-8-10-29-25(31-22)34-20-6-4-16(5-7-20)15-30-23-3-1-2-9-28-23;;/h1-13,21H,14-15H2,(H,28,30)(H,32,33);;. The number of carboxylic acid groups (broad SMARTS) is 1. The fraction of sp³-hybridized carbons (Fsp3) is 0.120. The van der Waals surface area contributed by atoms with Gasteiger partial charge in [0.2, 0.25) is 0 Å². The predicted octanol–water partition coefficient (Wildman–Crippen LogP) is 4.51. The Morgan fingerprint density at radius 2 is 1.71 bits per heavy atom. The third-order valence-corrected chi connectivity index (χ3v) is 4.95. The number of carbonyl (C=O) groups is 1. The number of anilines is 1. The number of carboxylic acids is 1. The van der Waals surface area contributed by atoms with Gasteiger partial charge < -0.3 is 15.2 Å². The zero-order chi connectivity index (χ0) is 23.9. The molecule has 0 aliphatic heterocycles. The summed E-state index contributed by atoms with van der Waals surface area (Å²) in [6.07, 6.45) is 2.71. The molecule has 0 bridgehead atoms. The van der Waals surface area contributed by atoms with Crippen LogP contribution in [0.25, 0.3) is 0 Å². The molecule has 1 atom stereocenters. The first-order valence-electron chi connectivity index (χ1n) is 10.4. The quantitative estimate of drug-likeness (QED) is 0.348.